The van der Waals surface area contributed by atoms with Crippen molar-refractivity contribution in [2.24, 2.45) is 0 Å². The minimum absolute atomic E-state index is 0.0781. The molecule has 158 valence electrons. The molecule has 0 radical (unpaired) electrons. The van der Waals surface area contributed by atoms with Gasteiger partial charge < -0.3 is 29.7 Å². The fraction of sp³-hybridized carbons (Fsp3) is 0.444. The van der Waals surface area contributed by atoms with Gasteiger partial charge in [0.25, 0.3) is 0 Å². The Kier molecular flexibility index (Phi) is 5.60. The molecule has 11 nitrogen and oxygen atoms in total. The summed E-state index contributed by atoms with van der Waals surface area (Å²) in [5, 5.41) is 30.1. The van der Waals surface area contributed by atoms with Gasteiger partial charge in [0.1, 0.15) is 29.7 Å². The number of fused-ring (bicyclic) bond motifs is 1. The average molecular weight is 415 g/mol. The van der Waals surface area contributed by atoms with Gasteiger partial charge in [-0.15, -0.1) is 5.10 Å². The van der Waals surface area contributed by atoms with E-state index in [0.29, 0.717) is 32.4 Å². The second-order valence-corrected chi connectivity index (χ2v) is 7.30. The summed E-state index contributed by atoms with van der Waals surface area (Å²) in [6.07, 6.45) is 2.22. The van der Waals surface area contributed by atoms with Crippen LogP contribution in [0.5, 0.6) is 11.5 Å². The normalized spacial score (nSPS) is 15.9. The first-order valence-corrected chi connectivity index (χ1v) is 9.66. The first-order valence-electron chi connectivity index (χ1n) is 9.66. The molecule has 0 unspecified atom stereocenters. The lowest BCUT2D eigenvalue weighted by atomic mass is 9.78. The molecule has 12 heteroatoms. The number of carboxylic acid groups (broad SMARTS) is 1. The predicted molar refractivity (Wildman–Crippen MR) is 104 cm³/mol. The van der Waals surface area contributed by atoms with E-state index in [4.69, 9.17) is 9.39 Å². The van der Waals surface area contributed by atoms with Crippen LogP contribution >= 0.6 is 0 Å². The van der Waals surface area contributed by atoms with Crippen molar-refractivity contribution < 1.29 is 29.1 Å². The maximum Gasteiger partial charge on any atom is 0.522 e. The Hall–Kier alpha value is -3.12. The number of benzene rings is 1. The molecule has 0 bridgehead atoms. The third-order valence-electron chi connectivity index (χ3n) is 5.16. The molecule has 2 aliphatic heterocycles. The van der Waals surface area contributed by atoms with Crippen LogP contribution in [0.25, 0.3) is 0 Å². The van der Waals surface area contributed by atoms with Gasteiger partial charge in [-0.3, -0.25) is 4.79 Å². The van der Waals surface area contributed by atoms with Gasteiger partial charge in [0.05, 0.1) is 25.0 Å². The van der Waals surface area contributed by atoms with Crippen molar-refractivity contribution in [1.82, 2.24) is 25.2 Å². The van der Waals surface area contributed by atoms with E-state index in [1.807, 2.05) is 0 Å². The van der Waals surface area contributed by atoms with Crippen molar-refractivity contribution in [2.75, 3.05) is 20.1 Å². The zero-order chi connectivity index (χ0) is 21.3. The standard InChI is InChI=1S/C18H22BN5O6/c1-20-6-12-7-21-22-24(12)10-15(25)23-8-13(9-23)29-14-3-2-11-4-5-19(28)30-17(11)16(14)18(26)27/h2-3,7,13,20,28H,4-6,8-10H2,1H3,(H,26,27). The Morgan fingerprint density at radius 2 is 2.20 bits per heavy atom. The summed E-state index contributed by atoms with van der Waals surface area (Å²) < 4.78 is 12.7. The van der Waals surface area contributed by atoms with E-state index in [2.05, 4.69) is 15.6 Å². The Balaban J connectivity index is 1.39. The maximum absolute atomic E-state index is 12.5. The third kappa shape index (κ3) is 3.96. The Morgan fingerprint density at radius 3 is 2.93 bits per heavy atom. The van der Waals surface area contributed by atoms with E-state index in [9.17, 15) is 19.7 Å². The second kappa shape index (κ2) is 8.32. The Morgan fingerprint density at radius 1 is 1.40 bits per heavy atom. The summed E-state index contributed by atoms with van der Waals surface area (Å²) in [5.74, 6) is -0.992. The number of hydrogen-bond donors (Lipinski definition) is 3. The Labute approximate surface area is 172 Å². The molecule has 1 saturated heterocycles. The summed E-state index contributed by atoms with van der Waals surface area (Å²) in [4.78, 5) is 25.9. The van der Waals surface area contributed by atoms with Gasteiger partial charge >= 0.3 is 13.1 Å². The number of carboxylic acids is 1. The van der Waals surface area contributed by atoms with Crippen molar-refractivity contribution >= 4 is 19.0 Å². The lowest BCUT2D eigenvalue weighted by Crippen LogP contribution is -2.57. The summed E-state index contributed by atoms with van der Waals surface area (Å²) >= 11 is 0. The van der Waals surface area contributed by atoms with Crippen LogP contribution in [0, 0.1) is 0 Å². The van der Waals surface area contributed by atoms with Gasteiger partial charge in [0.2, 0.25) is 5.91 Å². The number of nitrogens with zero attached hydrogens (tertiary/aromatic N) is 4. The highest BCUT2D eigenvalue weighted by atomic mass is 16.5. The van der Waals surface area contributed by atoms with Gasteiger partial charge in [0.15, 0.2) is 0 Å². The van der Waals surface area contributed by atoms with Gasteiger partial charge in [-0.25, -0.2) is 9.48 Å². The van der Waals surface area contributed by atoms with Crippen molar-refractivity contribution in [3.8, 4) is 11.5 Å². The van der Waals surface area contributed by atoms with Gasteiger partial charge in [-0.1, -0.05) is 11.3 Å². The van der Waals surface area contributed by atoms with Gasteiger partial charge in [0, 0.05) is 6.54 Å². The monoisotopic (exact) mass is 415 g/mol. The molecular formula is C18H22BN5O6. The molecule has 2 aliphatic rings. The highest BCUT2D eigenvalue weighted by molar-refractivity contribution is 6.44. The zero-order valence-corrected chi connectivity index (χ0v) is 16.4. The largest absolute Gasteiger partial charge is 0.535 e. The van der Waals surface area contributed by atoms with Crippen molar-refractivity contribution in [1.29, 1.82) is 0 Å². The van der Waals surface area contributed by atoms with Crippen LogP contribution in [-0.2, 0) is 24.3 Å². The number of hydrogen-bond acceptors (Lipinski definition) is 8. The Bertz CT molecular complexity index is 961. The number of aryl methyl sites for hydroxylation is 1. The second-order valence-electron chi connectivity index (χ2n) is 7.30. The van der Waals surface area contributed by atoms with Crippen LogP contribution in [0.1, 0.15) is 21.6 Å². The highest BCUT2D eigenvalue weighted by Gasteiger charge is 2.35. The van der Waals surface area contributed by atoms with Gasteiger partial charge in [-0.2, -0.15) is 0 Å². The molecular weight excluding hydrogens is 393 g/mol. The molecule has 1 aromatic carbocycles. The summed E-state index contributed by atoms with van der Waals surface area (Å²) in [5.41, 5.74) is 1.43. The minimum Gasteiger partial charge on any atom is -0.535 e. The SMILES string of the molecule is CNCc1cnnn1CC(=O)N1CC(Oc2ccc3c(c2C(=O)O)OB(O)CC3)C1. The number of aromatic nitrogens is 3. The number of carbonyl (C=O) groups is 2. The number of nitrogens with one attached hydrogen (secondary N) is 1. The molecule has 4 rings (SSSR count). The van der Waals surface area contributed by atoms with Crippen LogP contribution in [0.2, 0.25) is 6.32 Å². The van der Waals surface area contributed by atoms with E-state index < -0.39 is 13.1 Å². The van der Waals surface area contributed by atoms with Crippen LogP contribution in [0.15, 0.2) is 18.3 Å². The molecule has 0 saturated carbocycles. The lowest BCUT2D eigenvalue weighted by molar-refractivity contribution is -0.140. The number of amides is 1. The quantitative estimate of drug-likeness (QED) is 0.506. The number of aromatic carboxylic acids is 1. The molecule has 3 N–H and O–H groups in total. The topological polar surface area (TPSA) is 139 Å². The van der Waals surface area contributed by atoms with E-state index in [1.54, 1.807) is 35.0 Å². The lowest BCUT2D eigenvalue weighted by Gasteiger charge is -2.39. The number of ether oxygens (including phenoxy) is 1. The predicted octanol–water partition coefficient (Wildman–Crippen LogP) is -0.599. The molecule has 0 aliphatic carbocycles. The maximum atomic E-state index is 12.5. The van der Waals surface area contributed by atoms with Crippen LogP contribution in [0.3, 0.4) is 0 Å². The molecule has 1 amide bonds. The van der Waals surface area contributed by atoms with Crippen LogP contribution in [-0.4, -0.2) is 75.3 Å². The van der Waals surface area contributed by atoms with Crippen LogP contribution < -0.4 is 14.7 Å². The van der Waals surface area contributed by atoms with E-state index in [-0.39, 0.29) is 35.6 Å². The van der Waals surface area contributed by atoms with Crippen molar-refractivity contribution in [3.63, 3.8) is 0 Å². The zero-order valence-electron chi connectivity index (χ0n) is 16.4. The summed E-state index contributed by atoms with van der Waals surface area (Å²) in [6, 6.07) is 3.35. The van der Waals surface area contributed by atoms with Crippen LogP contribution in [0.4, 0.5) is 0 Å². The van der Waals surface area contributed by atoms with Crippen molar-refractivity contribution in [3.05, 3.63) is 35.2 Å². The number of likely N-dealkylation sites (tertiary alicyclic amines) is 1. The molecule has 3 heterocycles. The van der Waals surface area contributed by atoms with E-state index in [0.717, 1.165) is 11.3 Å². The minimum atomic E-state index is -1.19. The van der Waals surface area contributed by atoms with Gasteiger partial charge in [-0.05, 0) is 31.4 Å². The van der Waals surface area contributed by atoms with E-state index >= 15 is 0 Å². The summed E-state index contributed by atoms with van der Waals surface area (Å²) in [6.45, 7) is 1.32. The molecule has 30 heavy (non-hydrogen) atoms. The molecule has 1 fully saturated rings. The number of carbonyl (C=O) groups excluding carboxylic acids is 1. The third-order valence-corrected chi connectivity index (χ3v) is 5.16. The molecule has 0 spiro atoms. The van der Waals surface area contributed by atoms with E-state index in [1.165, 1.54) is 0 Å². The highest BCUT2D eigenvalue weighted by Crippen LogP contribution is 2.37. The smallest absolute Gasteiger partial charge is 0.522 e. The average Bonchev–Trinajstić information content (AvgIpc) is 3.10. The first-order chi connectivity index (χ1) is 14.5. The molecule has 1 aromatic heterocycles. The number of rotatable bonds is 7. The summed E-state index contributed by atoms with van der Waals surface area (Å²) in [7, 11) is 0.765. The van der Waals surface area contributed by atoms with Crippen molar-refractivity contribution in [2.45, 2.75) is 31.9 Å². The molecule has 0 atom stereocenters. The molecule has 2 aromatic rings. The first kappa shape index (κ1) is 20.2. The fourth-order valence-corrected chi connectivity index (χ4v) is 3.57. The fourth-order valence-electron chi connectivity index (χ4n) is 3.57.